The lowest BCUT2D eigenvalue weighted by molar-refractivity contribution is 0.574. The van der Waals surface area contributed by atoms with Crippen molar-refractivity contribution >= 4 is 114 Å². The highest BCUT2D eigenvalue weighted by Crippen LogP contribution is 2.50. The number of fused-ring (bicyclic) bond motifs is 8. The van der Waals surface area contributed by atoms with Gasteiger partial charge in [-0.05, 0) is 77.9 Å². The summed E-state index contributed by atoms with van der Waals surface area (Å²) >= 11 is 1.87. The summed E-state index contributed by atoms with van der Waals surface area (Å²) in [4.78, 5) is 5.10. The molecule has 0 saturated heterocycles. The minimum absolute atomic E-state index is 0.572. The number of aromatic nitrogens is 3. The monoisotopic (exact) mass is 643 g/mol. The highest BCUT2D eigenvalue weighted by atomic mass is 32.1. The Morgan fingerprint density at radius 2 is 1.22 bits per heavy atom. The van der Waals surface area contributed by atoms with Crippen LogP contribution in [0.4, 0.5) is 0 Å². The Morgan fingerprint density at radius 1 is 0.469 bits per heavy atom. The second kappa shape index (κ2) is 8.37. The smallest absolute Gasteiger partial charge is 0.307 e. The van der Waals surface area contributed by atoms with E-state index in [4.69, 9.17) is 13.8 Å². The van der Waals surface area contributed by atoms with Crippen molar-refractivity contribution in [1.82, 2.24) is 14.0 Å². The number of thiophene rings is 1. The Kier molecular flexibility index (Phi) is 4.23. The zero-order valence-electron chi connectivity index (χ0n) is 25.7. The molecule has 6 heteroatoms. The molecule has 0 unspecified atom stereocenters. The minimum Gasteiger partial charge on any atom is -0.456 e. The fraction of sp³-hybridized carbons (Fsp3) is 0. The van der Waals surface area contributed by atoms with Crippen molar-refractivity contribution in [1.29, 1.82) is 0 Å². The van der Waals surface area contributed by atoms with Crippen LogP contribution >= 0.6 is 11.3 Å². The van der Waals surface area contributed by atoms with E-state index in [9.17, 15) is 0 Å². The number of oxazole rings is 1. The molecule has 0 aliphatic rings. The molecule has 0 saturated carbocycles. The van der Waals surface area contributed by atoms with Gasteiger partial charge in [0, 0.05) is 52.5 Å². The van der Waals surface area contributed by atoms with Gasteiger partial charge in [0.15, 0.2) is 5.58 Å². The van der Waals surface area contributed by atoms with Gasteiger partial charge in [-0.3, -0.25) is 4.57 Å². The lowest BCUT2D eigenvalue weighted by atomic mass is 10.0. The zero-order chi connectivity index (χ0) is 31.5. The summed E-state index contributed by atoms with van der Waals surface area (Å²) in [5.74, 6) is 0. The van der Waals surface area contributed by atoms with Crippen molar-refractivity contribution in [2.45, 2.75) is 0 Å². The van der Waals surface area contributed by atoms with Crippen molar-refractivity contribution in [2.75, 3.05) is 0 Å². The lowest BCUT2D eigenvalue weighted by Crippen LogP contribution is -1.94. The van der Waals surface area contributed by atoms with E-state index in [0.29, 0.717) is 6.01 Å². The number of benzene rings is 7. The lowest BCUT2D eigenvalue weighted by Gasteiger charge is -2.04. The summed E-state index contributed by atoms with van der Waals surface area (Å²) in [7, 11) is 0. The Morgan fingerprint density at radius 3 is 2.20 bits per heavy atom. The van der Waals surface area contributed by atoms with Crippen molar-refractivity contribution in [3.63, 3.8) is 0 Å². The van der Waals surface area contributed by atoms with Crippen LogP contribution in [0.15, 0.2) is 136 Å². The van der Waals surface area contributed by atoms with Crippen LogP contribution in [0.25, 0.3) is 119 Å². The van der Waals surface area contributed by atoms with Gasteiger partial charge >= 0.3 is 6.01 Å². The molecule has 0 radical (unpaired) electrons. The fourth-order valence-electron chi connectivity index (χ4n) is 8.67. The van der Waals surface area contributed by atoms with Crippen LogP contribution in [-0.4, -0.2) is 14.0 Å². The van der Waals surface area contributed by atoms with Crippen LogP contribution in [0.2, 0.25) is 0 Å². The average molecular weight is 644 g/mol. The molecule has 6 aromatic heterocycles. The molecule has 0 bridgehead atoms. The van der Waals surface area contributed by atoms with Crippen LogP contribution in [0.3, 0.4) is 0 Å². The van der Waals surface area contributed by atoms with Gasteiger partial charge in [0.25, 0.3) is 0 Å². The second-order valence-electron chi connectivity index (χ2n) is 13.1. The van der Waals surface area contributed by atoms with Crippen LogP contribution in [0.1, 0.15) is 0 Å². The van der Waals surface area contributed by atoms with Gasteiger partial charge in [-0.1, -0.05) is 60.7 Å². The van der Waals surface area contributed by atoms with E-state index in [0.717, 1.165) is 55.2 Å². The van der Waals surface area contributed by atoms with Gasteiger partial charge in [-0.2, -0.15) is 4.98 Å². The first-order valence-electron chi connectivity index (χ1n) is 16.5. The van der Waals surface area contributed by atoms with Gasteiger partial charge in [-0.15, -0.1) is 11.3 Å². The van der Waals surface area contributed by atoms with Gasteiger partial charge in [0.2, 0.25) is 0 Å². The van der Waals surface area contributed by atoms with Gasteiger partial charge in [0.1, 0.15) is 16.7 Å². The number of furan rings is 1. The standard InChI is InChI=1S/C43H21N3O2S/c1-3-8-29-24(6-1)26-14-18-37-41-40-36(49-37)19-16-32-39(40)38-30(45(29)42(26)41)9-5-10-31(38)46(32)43-44-28-15-12-23(21-35(28)48-43)22-13-17-34-27(20-22)25-7-2-4-11-33(25)47-34/h1-21H. The average Bonchev–Trinajstić information content (AvgIpc) is 3.93. The summed E-state index contributed by atoms with van der Waals surface area (Å²) in [6.07, 6.45) is 0. The molecule has 0 spiro atoms. The summed E-state index contributed by atoms with van der Waals surface area (Å²) in [5, 5.41) is 9.95. The minimum atomic E-state index is 0.572. The molecule has 6 heterocycles. The Bertz CT molecular complexity index is 3520. The second-order valence-corrected chi connectivity index (χ2v) is 14.2. The van der Waals surface area contributed by atoms with E-state index < -0.39 is 0 Å². The maximum absolute atomic E-state index is 6.71. The van der Waals surface area contributed by atoms with E-state index in [1.165, 1.54) is 58.3 Å². The van der Waals surface area contributed by atoms with Crippen LogP contribution < -0.4 is 0 Å². The van der Waals surface area contributed by atoms with E-state index in [1.54, 1.807) is 0 Å². The first kappa shape index (κ1) is 24.8. The van der Waals surface area contributed by atoms with E-state index in [2.05, 4.69) is 124 Å². The predicted octanol–water partition coefficient (Wildman–Crippen LogP) is 12.3. The third kappa shape index (κ3) is 2.92. The molecule has 226 valence electrons. The highest BCUT2D eigenvalue weighted by molar-refractivity contribution is 7.26. The first-order valence-corrected chi connectivity index (χ1v) is 17.3. The molecular weight excluding hydrogens is 623 g/mol. The number of para-hydroxylation sites is 2. The zero-order valence-corrected chi connectivity index (χ0v) is 26.5. The third-order valence-corrected chi connectivity index (χ3v) is 11.8. The number of hydrogen-bond acceptors (Lipinski definition) is 4. The normalized spacial score (nSPS) is 12.9. The Hall–Kier alpha value is -6.37. The summed E-state index contributed by atoms with van der Waals surface area (Å²) in [6.45, 7) is 0. The van der Waals surface area contributed by atoms with Crippen molar-refractivity contribution in [3.05, 3.63) is 127 Å². The molecule has 13 rings (SSSR count). The molecule has 0 fully saturated rings. The molecular formula is C43H21N3O2S. The molecule has 0 aliphatic carbocycles. The van der Waals surface area contributed by atoms with Crippen molar-refractivity contribution in [2.24, 2.45) is 0 Å². The summed E-state index contributed by atoms with van der Waals surface area (Å²) in [6, 6.07) is 46.0. The molecule has 49 heavy (non-hydrogen) atoms. The number of nitrogens with zero attached hydrogens (tertiary/aromatic N) is 3. The van der Waals surface area contributed by atoms with Crippen LogP contribution in [0.5, 0.6) is 0 Å². The quantitative estimate of drug-likeness (QED) is 0.188. The highest BCUT2D eigenvalue weighted by Gasteiger charge is 2.26. The van der Waals surface area contributed by atoms with Crippen molar-refractivity contribution in [3.8, 4) is 17.1 Å². The van der Waals surface area contributed by atoms with Gasteiger partial charge in [0.05, 0.1) is 27.6 Å². The van der Waals surface area contributed by atoms with E-state index in [1.807, 2.05) is 23.5 Å². The third-order valence-electron chi connectivity index (χ3n) is 10.7. The van der Waals surface area contributed by atoms with E-state index >= 15 is 0 Å². The van der Waals surface area contributed by atoms with Crippen LogP contribution in [-0.2, 0) is 0 Å². The number of hydrogen-bond donors (Lipinski definition) is 0. The molecule has 7 aromatic carbocycles. The molecule has 13 aromatic rings. The molecule has 0 atom stereocenters. The SMILES string of the molecule is c1ccc2c(c1)oc1ccc(-c3ccc4nc(-n5c6ccc7sc8ccc9c%10ccccc%10n%10c%11cccc5c%11c6c7c8c9%10)oc4c3)cc12. The molecule has 5 nitrogen and oxygen atoms in total. The Labute approximate surface area is 280 Å². The first-order chi connectivity index (χ1) is 24.3. The molecule has 0 amide bonds. The van der Waals surface area contributed by atoms with E-state index in [-0.39, 0.29) is 0 Å². The molecule has 0 N–H and O–H groups in total. The topological polar surface area (TPSA) is 48.5 Å². The van der Waals surface area contributed by atoms with Crippen LogP contribution in [0, 0.1) is 0 Å². The van der Waals surface area contributed by atoms with Gasteiger partial charge in [-0.25, -0.2) is 0 Å². The maximum atomic E-state index is 6.71. The molecule has 0 aliphatic heterocycles. The fourth-order valence-corrected chi connectivity index (χ4v) is 9.78. The summed E-state index contributed by atoms with van der Waals surface area (Å²) < 4.78 is 20.1. The Balaban J connectivity index is 1.10. The largest absolute Gasteiger partial charge is 0.456 e. The summed E-state index contributed by atoms with van der Waals surface area (Å²) in [5.41, 5.74) is 11.4. The maximum Gasteiger partial charge on any atom is 0.307 e. The van der Waals surface area contributed by atoms with Crippen molar-refractivity contribution < 1.29 is 8.83 Å². The number of rotatable bonds is 2. The predicted molar refractivity (Wildman–Crippen MR) is 202 cm³/mol. The van der Waals surface area contributed by atoms with Gasteiger partial charge < -0.3 is 13.2 Å².